The lowest BCUT2D eigenvalue weighted by molar-refractivity contribution is 0.233. The minimum Gasteiger partial charge on any atom is -0.493 e. The Labute approximate surface area is 157 Å². The molecule has 2 aromatic carbocycles. The van der Waals surface area contributed by atoms with Gasteiger partial charge in [0, 0.05) is 39.1 Å². The van der Waals surface area contributed by atoms with Crippen molar-refractivity contribution >= 4 is 0 Å². The molecule has 2 aromatic rings. The zero-order valence-corrected chi connectivity index (χ0v) is 15.9. The summed E-state index contributed by atoms with van der Waals surface area (Å²) in [6, 6.07) is 16.8. The third-order valence-corrected chi connectivity index (χ3v) is 4.49. The molecule has 3 rings (SSSR count). The molecular formula is C22H30N2O2. The van der Waals surface area contributed by atoms with Crippen molar-refractivity contribution in [3.05, 3.63) is 59.7 Å². The maximum absolute atomic E-state index is 5.85. The highest BCUT2D eigenvalue weighted by atomic mass is 16.5. The Kier molecular flexibility index (Phi) is 6.92. The second-order valence-corrected chi connectivity index (χ2v) is 7.08. The van der Waals surface area contributed by atoms with Crippen LogP contribution in [0.5, 0.6) is 11.5 Å². The Morgan fingerprint density at radius 1 is 0.885 bits per heavy atom. The summed E-state index contributed by atoms with van der Waals surface area (Å²) in [6.07, 6.45) is 1.11. The van der Waals surface area contributed by atoms with E-state index in [0.29, 0.717) is 6.61 Å². The van der Waals surface area contributed by atoms with Crippen LogP contribution in [0.2, 0.25) is 0 Å². The lowest BCUT2D eigenvalue weighted by Gasteiger charge is -2.27. The summed E-state index contributed by atoms with van der Waals surface area (Å²) in [7, 11) is 0. The van der Waals surface area contributed by atoms with Gasteiger partial charge >= 0.3 is 0 Å². The van der Waals surface area contributed by atoms with Gasteiger partial charge in [0.15, 0.2) is 0 Å². The Morgan fingerprint density at radius 2 is 1.50 bits per heavy atom. The molecule has 4 heteroatoms. The van der Waals surface area contributed by atoms with E-state index < -0.39 is 0 Å². The lowest BCUT2D eigenvalue weighted by atomic mass is 10.1. The highest BCUT2D eigenvalue weighted by Gasteiger charge is 2.09. The van der Waals surface area contributed by atoms with Crippen LogP contribution in [0.4, 0.5) is 0 Å². The molecular weight excluding hydrogens is 324 g/mol. The van der Waals surface area contributed by atoms with Crippen molar-refractivity contribution < 1.29 is 9.47 Å². The topological polar surface area (TPSA) is 33.7 Å². The first-order chi connectivity index (χ1) is 12.7. The minimum absolute atomic E-state index is 0.191. The second kappa shape index (κ2) is 9.60. The number of nitrogens with one attached hydrogen (secondary N) is 1. The third kappa shape index (κ3) is 6.04. The summed E-state index contributed by atoms with van der Waals surface area (Å²) < 4.78 is 11.5. The van der Waals surface area contributed by atoms with Gasteiger partial charge in [-0.05, 0) is 49.2 Å². The predicted octanol–water partition coefficient (Wildman–Crippen LogP) is 3.50. The fourth-order valence-corrected chi connectivity index (χ4v) is 3.11. The van der Waals surface area contributed by atoms with Crippen molar-refractivity contribution in [3.63, 3.8) is 0 Å². The van der Waals surface area contributed by atoms with Gasteiger partial charge in [-0.2, -0.15) is 0 Å². The molecule has 0 amide bonds. The molecule has 0 atom stereocenters. The van der Waals surface area contributed by atoms with E-state index in [2.05, 4.69) is 34.5 Å². The minimum atomic E-state index is 0.191. The Balaban J connectivity index is 1.41. The summed E-state index contributed by atoms with van der Waals surface area (Å²) in [6.45, 7) is 10.2. The van der Waals surface area contributed by atoms with E-state index in [0.717, 1.165) is 50.6 Å². The van der Waals surface area contributed by atoms with Crippen molar-refractivity contribution in [2.45, 2.75) is 32.9 Å². The largest absolute Gasteiger partial charge is 0.493 e. The molecule has 1 aliphatic heterocycles. The summed E-state index contributed by atoms with van der Waals surface area (Å²) in [4.78, 5) is 2.50. The van der Waals surface area contributed by atoms with Gasteiger partial charge < -0.3 is 14.8 Å². The number of hydrogen-bond acceptors (Lipinski definition) is 4. The average molecular weight is 354 g/mol. The fraction of sp³-hybridized carbons (Fsp3) is 0.455. The van der Waals surface area contributed by atoms with E-state index in [1.54, 1.807) is 0 Å². The van der Waals surface area contributed by atoms with Crippen LogP contribution < -0.4 is 14.8 Å². The molecule has 0 spiro atoms. The van der Waals surface area contributed by atoms with Gasteiger partial charge in [-0.1, -0.05) is 24.3 Å². The van der Waals surface area contributed by atoms with Gasteiger partial charge in [0.25, 0.3) is 0 Å². The third-order valence-electron chi connectivity index (χ3n) is 4.49. The molecule has 1 N–H and O–H groups in total. The maximum Gasteiger partial charge on any atom is 0.119 e. The van der Waals surface area contributed by atoms with E-state index >= 15 is 0 Å². The van der Waals surface area contributed by atoms with E-state index in [1.807, 2.05) is 38.1 Å². The van der Waals surface area contributed by atoms with Crippen LogP contribution in [0.15, 0.2) is 48.5 Å². The molecule has 1 fully saturated rings. The number of hydrogen-bond donors (Lipinski definition) is 1. The van der Waals surface area contributed by atoms with Gasteiger partial charge in [0.1, 0.15) is 11.5 Å². The molecule has 26 heavy (non-hydrogen) atoms. The normalized spacial score (nSPS) is 15.2. The van der Waals surface area contributed by atoms with Crippen LogP contribution in [-0.4, -0.2) is 43.8 Å². The van der Waals surface area contributed by atoms with Gasteiger partial charge in [0.05, 0.1) is 12.7 Å². The van der Waals surface area contributed by atoms with Crippen LogP contribution in [0.1, 0.15) is 25.0 Å². The van der Waals surface area contributed by atoms with Gasteiger partial charge in [-0.15, -0.1) is 0 Å². The molecule has 1 saturated heterocycles. The van der Waals surface area contributed by atoms with Gasteiger partial charge in [-0.25, -0.2) is 0 Å². The number of rotatable bonds is 8. The fourth-order valence-electron chi connectivity index (χ4n) is 3.11. The van der Waals surface area contributed by atoms with Crippen LogP contribution in [-0.2, 0) is 13.0 Å². The van der Waals surface area contributed by atoms with Crippen molar-refractivity contribution in [2.75, 3.05) is 32.8 Å². The quantitative estimate of drug-likeness (QED) is 0.787. The molecule has 0 bridgehead atoms. The molecule has 1 aliphatic rings. The highest BCUT2D eigenvalue weighted by Crippen LogP contribution is 2.19. The van der Waals surface area contributed by atoms with E-state index in [9.17, 15) is 0 Å². The monoisotopic (exact) mass is 354 g/mol. The molecule has 0 aromatic heterocycles. The predicted molar refractivity (Wildman–Crippen MR) is 106 cm³/mol. The van der Waals surface area contributed by atoms with Crippen LogP contribution in [0.3, 0.4) is 0 Å². The van der Waals surface area contributed by atoms with E-state index in [4.69, 9.17) is 9.47 Å². The van der Waals surface area contributed by atoms with Crippen LogP contribution in [0.25, 0.3) is 0 Å². The number of ether oxygens (including phenoxy) is 2. The number of piperazine rings is 1. The Hall–Kier alpha value is -2.04. The molecule has 0 unspecified atom stereocenters. The van der Waals surface area contributed by atoms with E-state index in [1.165, 1.54) is 11.1 Å². The van der Waals surface area contributed by atoms with Crippen LogP contribution >= 0.6 is 0 Å². The number of benzene rings is 2. The maximum atomic E-state index is 5.85. The number of nitrogens with zero attached hydrogens (tertiary/aromatic N) is 1. The molecule has 140 valence electrons. The summed E-state index contributed by atoms with van der Waals surface area (Å²) >= 11 is 0. The summed E-state index contributed by atoms with van der Waals surface area (Å²) in [5.41, 5.74) is 2.70. The lowest BCUT2D eigenvalue weighted by Crippen LogP contribution is -2.42. The Morgan fingerprint density at radius 3 is 2.15 bits per heavy atom. The Bertz CT molecular complexity index is 647. The molecule has 1 heterocycles. The standard InChI is InChI=1S/C22H30N2O2/c1-18(2)26-22-9-7-21(8-10-22)25-16-11-19-3-5-20(6-4-19)17-24-14-12-23-13-15-24/h3-10,18,23H,11-17H2,1-2H3. The molecule has 0 aliphatic carbocycles. The van der Waals surface area contributed by atoms with Crippen molar-refractivity contribution in [1.82, 2.24) is 10.2 Å². The average Bonchev–Trinajstić information content (AvgIpc) is 2.65. The summed E-state index contributed by atoms with van der Waals surface area (Å²) in [5, 5.41) is 3.39. The van der Waals surface area contributed by atoms with E-state index in [-0.39, 0.29) is 6.10 Å². The van der Waals surface area contributed by atoms with Gasteiger partial charge in [-0.3, -0.25) is 4.90 Å². The SMILES string of the molecule is CC(C)Oc1ccc(OCCc2ccc(CN3CCNCC3)cc2)cc1. The van der Waals surface area contributed by atoms with Crippen LogP contribution in [0, 0.1) is 0 Å². The molecule has 4 nitrogen and oxygen atoms in total. The smallest absolute Gasteiger partial charge is 0.119 e. The van der Waals surface area contributed by atoms with Gasteiger partial charge in [0.2, 0.25) is 0 Å². The first kappa shape index (κ1) is 18.7. The molecule has 0 saturated carbocycles. The van der Waals surface area contributed by atoms with Crippen molar-refractivity contribution in [2.24, 2.45) is 0 Å². The first-order valence-electron chi connectivity index (χ1n) is 9.59. The zero-order chi connectivity index (χ0) is 18.2. The highest BCUT2D eigenvalue weighted by molar-refractivity contribution is 5.31. The summed E-state index contributed by atoms with van der Waals surface area (Å²) in [5.74, 6) is 1.77. The van der Waals surface area contributed by atoms with Crippen molar-refractivity contribution in [1.29, 1.82) is 0 Å². The second-order valence-electron chi connectivity index (χ2n) is 7.08. The molecule has 0 radical (unpaired) electrons. The van der Waals surface area contributed by atoms with Crippen molar-refractivity contribution in [3.8, 4) is 11.5 Å². The zero-order valence-electron chi connectivity index (χ0n) is 15.9. The first-order valence-corrected chi connectivity index (χ1v) is 9.59.